The van der Waals surface area contributed by atoms with E-state index in [9.17, 15) is 4.79 Å². The lowest BCUT2D eigenvalue weighted by atomic mass is 9.88. The van der Waals surface area contributed by atoms with Gasteiger partial charge in [-0.3, -0.25) is 4.79 Å². The topological polar surface area (TPSA) is 41.6 Å². The minimum absolute atomic E-state index is 0.0387. The lowest BCUT2D eigenvalue weighted by Gasteiger charge is -2.32. The number of amides is 1. The summed E-state index contributed by atoms with van der Waals surface area (Å²) < 4.78 is 5.85. The molecule has 3 aliphatic heterocycles. The maximum absolute atomic E-state index is 13.0. The number of carbonyl (C=O) groups is 1. The van der Waals surface area contributed by atoms with Gasteiger partial charge in [-0.2, -0.15) is 0 Å². The molecule has 1 N–H and O–H groups in total. The number of ether oxygens (including phenoxy) is 1. The van der Waals surface area contributed by atoms with E-state index >= 15 is 0 Å². The molecule has 7 atom stereocenters. The Hall–Kier alpha value is -0.610. The first-order valence-corrected chi connectivity index (χ1v) is 7.69. The van der Waals surface area contributed by atoms with Gasteiger partial charge in [0.2, 0.25) is 5.91 Å². The molecule has 4 nitrogen and oxygen atoms in total. The lowest BCUT2D eigenvalue weighted by Crippen LogP contribution is -2.48. The van der Waals surface area contributed by atoms with Gasteiger partial charge in [0.05, 0.1) is 18.1 Å². The third-order valence-electron chi connectivity index (χ3n) is 5.56. The van der Waals surface area contributed by atoms with E-state index in [4.69, 9.17) is 4.74 Å². The second-order valence-corrected chi connectivity index (χ2v) is 6.75. The molecule has 0 saturated carbocycles. The van der Waals surface area contributed by atoms with Gasteiger partial charge < -0.3 is 15.0 Å². The van der Waals surface area contributed by atoms with E-state index in [2.05, 4.69) is 31.0 Å². The highest BCUT2D eigenvalue weighted by Gasteiger charge is 2.50. The zero-order valence-electron chi connectivity index (χ0n) is 12.4. The van der Waals surface area contributed by atoms with E-state index in [0.29, 0.717) is 29.8 Å². The summed E-state index contributed by atoms with van der Waals surface area (Å²) in [5.74, 6) is 1.34. The lowest BCUT2D eigenvalue weighted by molar-refractivity contribution is -0.140. The summed E-state index contributed by atoms with van der Waals surface area (Å²) in [6.07, 6.45) is 1.40. The normalized spacial score (nSPS) is 49.7. The van der Waals surface area contributed by atoms with Gasteiger partial charge in [0.25, 0.3) is 0 Å². The molecule has 4 heteroatoms. The number of hydrogen-bond donors (Lipinski definition) is 1. The van der Waals surface area contributed by atoms with Crippen LogP contribution in [0.3, 0.4) is 0 Å². The molecule has 0 aliphatic carbocycles. The van der Waals surface area contributed by atoms with Crippen LogP contribution in [0.5, 0.6) is 0 Å². The van der Waals surface area contributed by atoms with Crippen LogP contribution in [-0.4, -0.2) is 48.2 Å². The fourth-order valence-electron chi connectivity index (χ4n) is 4.41. The van der Waals surface area contributed by atoms with Crippen molar-refractivity contribution in [3.8, 4) is 0 Å². The van der Waals surface area contributed by atoms with Crippen molar-refractivity contribution >= 4 is 5.91 Å². The minimum atomic E-state index is 0.0387. The molecule has 19 heavy (non-hydrogen) atoms. The summed E-state index contributed by atoms with van der Waals surface area (Å²) in [6.45, 7) is 10.5. The quantitative estimate of drug-likeness (QED) is 0.777. The van der Waals surface area contributed by atoms with Crippen LogP contribution >= 0.6 is 0 Å². The maximum atomic E-state index is 13.0. The molecular formula is C15H26N2O2. The Labute approximate surface area is 115 Å². The molecule has 1 amide bonds. The Bertz CT molecular complexity index is 373. The molecule has 3 saturated heterocycles. The third-order valence-corrected chi connectivity index (χ3v) is 5.56. The molecular weight excluding hydrogens is 240 g/mol. The molecule has 7 unspecified atom stereocenters. The van der Waals surface area contributed by atoms with Gasteiger partial charge in [0.1, 0.15) is 0 Å². The summed E-state index contributed by atoms with van der Waals surface area (Å²) in [6, 6.07) is 0.803. The largest absolute Gasteiger partial charge is 0.374 e. The number of nitrogens with one attached hydrogen (secondary N) is 1. The monoisotopic (exact) mass is 266 g/mol. The first-order valence-electron chi connectivity index (χ1n) is 7.69. The van der Waals surface area contributed by atoms with E-state index in [0.717, 1.165) is 19.5 Å². The van der Waals surface area contributed by atoms with Crippen LogP contribution in [0.15, 0.2) is 0 Å². The van der Waals surface area contributed by atoms with Gasteiger partial charge in [-0.25, -0.2) is 0 Å². The number of carbonyl (C=O) groups excluding carboxylic acids is 1. The van der Waals surface area contributed by atoms with E-state index < -0.39 is 0 Å². The number of likely N-dealkylation sites (tertiary alicyclic amines) is 1. The van der Waals surface area contributed by atoms with Gasteiger partial charge in [0.15, 0.2) is 0 Å². The van der Waals surface area contributed by atoms with Crippen LogP contribution in [0.1, 0.15) is 34.1 Å². The van der Waals surface area contributed by atoms with Crippen LogP contribution in [-0.2, 0) is 9.53 Å². The number of hydrogen-bond acceptors (Lipinski definition) is 3. The fourth-order valence-corrected chi connectivity index (χ4v) is 4.41. The predicted octanol–water partition coefficient (Wildman–Crippen LogP) is 1.25. The molecule has 0 spiro atoms. The summed E-state index contributed by atoms with van der Waals surface area (Å²) >= 11 is 0. The summed E-state index contributed by atoms with van der Waals surface area (Å²) in [5, 5.41) is 3.43. The Morgan fingerprint density at radius 2 is 1.89 bits per heavy atom. The van der Waals surface area contributed by atoms with Crippen LogP contribution in [0.4, 0.5) is 0 Å². The predicted molar refractivity (Wildman–Crippen MR) is 73.7 cm³/mol. The van der Waals surface area contributed by atoms with Crippen LogP contribution < -0.4 is 5.32 Å². The van der Waals surface area contributed by atoms with E-state index in [-0.39, 0.29) is 18.1 Å². The zero-order chi connectivity index (χ0) is 13.7. The summed E-state index contributed by atoms with van der Waals surface area (Å²) in [4.78, 5) is 15.2. The van der Waals surface area contributed by atoms with Crippen molar-refractivity contribution in [2.75, 3.05) is 13.1 Å². The zero-order valence-corrected chi connectivity index (χ0v) is 12.4. The van der Waals surface area contributed by atoms with Crippen molar-refractivity contribution < 1.29 is 9.53 Å². The Kier molecular flexibility index (Phi) is 3.34. The smallest absolute Gasteiger partial charge is 0.229 e. The first kappa shape index (κ1) is 13.4. The minimum Gasteiger partial charge on any atom is -0.374 e. The Balaban J connectivity index is 1.80. The average molecular weight is 266 g/mol. The highest BCUT2D eigenvalue weighted by molar-refractivity contribution is 5.81. The van der Waals surface area contributed by atoms with E-state index in [1.165, 1.54) is 0 Å². The summed E-state index contributed by atoms with van der Waals surface area (Å²) in [7, 11) is 0. The molecule has 108 valence electrons. The third kappa shape index (κ3) is 2.00. The van der Waals surface area contributed by atoms with E-state index in [1.807, 2.05) is 6.92 Å². The molecule has 3 rings (SSSR count). The molecule has 3 fully saturated rings. The number of rotatable bonds is 1. The molecule has 3 heterocycles. The standard InChI is InChI=1S/C15H26N2O2/c1-8-5-12-6-16-7-13(12)17(8)15(18)14-9(2)10(3)19-11(14)4/h8-14,16H,5-7H2,1-4H3. The van der Waals surface area contributed by atoms with Crippen molar-refractivity contribution in [3.05, 3.63) is 0 Å². The van der Waals surface area contributed by atoms with Crippen molar-refractivity contribution in [2.24, 2.45) is 17.8 Å². The number of nitrogens with zero attached hydrogens (tertiary/aromatic N) is 1. The van der Waals surface area contributed by atoms with Gasteiger partial charge >= 0.3 is 0 Å². The van der Waals surface area contributed by atoms with Crippen molar-refractivity contribution in [1.82, 2.24) is 10.2 Å². The van der Waals surface area contributed by atoms with Crippen molar-refractivity contribution in [1.29, 1.82) is 0 Å². The molecule has 0 bridgehead atoms. The SMILES string of the molecule is CC1OC(C)C(C(=O)N2C(C)CC3CNCC32)C1C. The first-order chi connectivity index (χ1) is 9.00. The van der Waals surface area contributed by atoms with Crippen LogP contribution in [0.2, 0.25) is 0 Å². The molecule has 0 aromatic heterocycles. The second-order valence-electron chi connectivity index (χ2n) is 6.75. The Morgan fingerprint density at radius 3 is 2.53 bits per heavy atom. The maximum Gasteiger partial charge on any atom is 0.229 e. The van der Waals surface area contributed by atoms with Crippen LogP contribution in [0.25, 0.3) is 0 Å². The van der Waals surface area contributed by atoms with Gasteiger partial charge in [-0.05, 0) is 39.0 Å². The molecule has 0 aromatic rings. The molecule has 0 radical (unpaired) electrons. The Morgan fingerprint density at radius 1 is 1.16 bits per heavy atom. The molecule has 3 aliphatic rings. The van der Waals surface area contributed by atoms with Gasteiger partial charge in [-0.1, -0.05) is 6.92 Å². The molecule has 0 aromatic carbocycles. The average Bonchev–Trinajstić information content (AvgIpc) is 2.93. The van der Waals surface area contributed by atoms with Gasteiger partial charge in [-0.15, -0.1) is 0 Å². The van der Waals surface area contributed by atoms with Gasteiger partial charge in [0, 0.05) is 25.2 Å². The fraction of sp³-hybridized carbons (Fsp3) is 0.933. The number of fused-ring (bicyclic) bond motifs is 1. The van der Waals surface area contributed by atoms with E-state index in [1.54, 1.807) is 0 Å². The van der Waals surface area contributed by atoms with Crippen molar-refractivity contribution in [3.63, 3.8) is 0 Å². The summed E-state index contributed by atoms with van der Waals surface area (Å²) in [5.41, 5.74) is 0. The van der Waals surface area contributed by atoms with Crippen molar-refractivity contribution in [2.45, 2.75) is 58.4 Å². The highest BCUT2D eigenvalue weighted by Crippen LogP contribution is 2.38. The van der Waals surface area contributed by atoms with Crippen LogP contribution in [0, 0.1) is 17.8 Å². The second kappa shape index (κ2) is 4.74. The highest BCUT2D eigenvalue weighted by atomic mass is 16.5.